The van der Waals surface area contributed by atoms with Crippen LogP contribution in [-0.2, 0) is 9.59 Å². The largest absolute Gasteiger partial charge is 0.497 e. The number of ether oxygens (including phenoxy) is 3. The number of halogens is 2. The molecule has 0 aliphatic heterocycles. The predicted molar refractivity (Wildman–Crippen MR) is 132 cm³/mol. The summed E-state index contributed by atoms with van der Waals surface area (Å²) in [5, 5.41) is 6.67. The minimum absolute atomic E-state index is 0.187. The van der Waals surface area contributed by atoms with E-state index < -0.39 is 17.8 Å². The highest BCUT2D eigenvalue weighted by molar-refractivity contribution is 6.42. The van der Waals surface area contributed by atoms with Gasteiger partial charge in [0.05, 0.1) is 36.7 Å². The second kappa shape index (κ2) is 11.9. The SMILES string of the molecule is COc1ccc(C(=O)Oc2ccc(/C=N\NC(=O)C(=O)Nc3cc(Cl)ccc3Cl)cc2OC)cc1. The third kappa shape index (κ3) is 6.95. The number of esters is 1. The number of carbonyl (C=O) groups is 3. The number of benzene rings is 3. The van der Waals surface area contributed by atoms with Crippen LogP contribution in [0, 0.1) is 0 Å². The first kappa shape index (κ1) is 25.5. The maximum Gasteiger partial charge on any atom is 0.343 e. The molecule has 0 radical (unpaired) electrons. The molecule has 3 aromatic rings. The van der Waals surface area contributed by atoms with E-state index in [2.05, 4.69) is 15.8 Å². The molecule has 0 saturated carbocycles. The Labute approximate surface area is 210 Å². The standard InChI is InChI=1S/C24H19Cl2N3O6/c1-33-17-7-4-15(5-8-17)24(32)35-20-10-3-14(11-21(20)34-2)13-27-29-23(31)22(30)28-19-12-16(25)6-9-18(19)26/h3-13H,1-2H3,(H,28,30)(H,29,31)/b27-13-. The van der Waals surface area contributed by atoms with Crippen LogP contribution < -0.4 is 25.0 Å². The average Bonchev–Trinajstić information content (AvgIpc) is 2.86. The van der Waals surface area contributed by atoms with E-state index >= 15 is 0 Å². The van der Waals surface area contributed by atoms with Gasteiger partial charge in [-0.2, -0.15) is 5.10 Å². The minimum Gasteiger partial charge on any atom is -0.497 e. The number of amides is 2. The van der Waals surface area contributed by atoms with Crippen molar-refractivity contribution in [3.8, 4) is 17.2 Å². The van der Waals surface area contributed by atoms with E-state index in [4.69, 9.17) is 37.4 Å². The lowest BCUT2D eigenvalue weighted by Crippen LogP contribution is -2.32. The molecule has 0 atom stereocenters. The summed E-state index contributed by atoms with van der Waals surface area (Å²) in [6, 6.07) is 15.5. The molecular formula is C24H19Cl2N3O6. The molecule has 0 heterocycles. The van der Waals surface area contributed by atoms with Crippen molar-refractivity contribution >= 4 is 52.9 Å². The van der Waals surface area contributed by atoms with Crippen LogP contribution >= 0.6 is 23.2 Å². The molecule has 0 aliphatic carbocycles. The maximum absolute atomic E-state index is 12.4. The highest BCUT2D eigenvalue weighted by Gasteiger charge is 2.15. The first-order valence-corrected chi connectivity index (χ1v) is 10.7. The van der Waals surface area contributed by atoms with Crippen LogP contribution in [0.15, 0.2) is 65.8 Å². The Morgan fingerprint density at radius 1 is 0.857 bits per heavy atom. The first-order valence-electron chi connectivity index (χ1n) is 9.94. The highest BCUT2D eigenvalue weighted by Crippen LogP contribution is 2.29. The molecule has 0 aliphatic rings. The normalized spacial score (nSPS) is 10.5. The van der Waals surface area contributed by atoms with Crippen molar-refractivity contribution < 1.29 is 28.6 Å². The van der Waals surface area contributed by atoms with Gasteiger partial charge in [-0.3, -0.25) is 9.59 Å². The van der Waals surface area contributed by atoms with Crippen molar-refractivity contribution in [2.45, 2.75) is 0 Å². The number of rotatable bonds is 7. The van der Waals surface area contributed by atoms with E-state index in [0.29, 0.717) is 21.9 Å². The minimum atomic E-state index is -1.02. The van der Waals surface area contributed by atoms with Crippen molar-refractivity contribution in [2.75, 3.05) is 19.5 Å². The maximum atomic E-state index is 12.4. The highest BCUT2D eigenvalue weighted by atomic mass is 35.5. The molecule has 0 unspecified atom stereocenters. The quantitative estimate of drug-likeness (QED) is 0.159. The lowest BCUT2D eigenvalue weighted by atomic mass is 10.2. The van der Waals surface area contributed by atoms with Gasteiger partial charge in [0.2, 0.25) is 0 Å². The number of carbonyl (C=O) groups excluding carboxylic acids is 3. The summed E-state index contributed by atoms with van der Waals surface area (Å²) in [5.41, 5.74) is 3.13. The summed E-state index contributed by atoms with van der Waals surface area (Å²) >= 11 is 11.8. The monoisotopic (exact) mass is 515 g/mol. The van der Waals surface area contributed by atoms with E-state index in [0.717, 1.165) is 0 Å². The van der Waals surface area contributed by atoms with Gasteiger partial charge in [-0.25, -0.2) is 10.2 Å². The van der Waals surface area contributed by atoms with Gasteiger partial charge < -0.3 is 19.5 Å². The zero-order valence-electron chi connectivity index (χ0n) is 18.5. The van der Waals surface area contributed by atoms with Gasteiger partial charge >= 0.3 is 17.8 Å². The fraction of sp³-hybridized carbons (Fsp3) is 0.0833. The average molecular weight is 516 g/mol. The Kier molecular flexibility index (Phi) is 8.66. The number of hydrazone groups is 1. The summed E-state index contributed by atoms with van der Waals surface area (Å²) in [5.74, 6) is -1.52. The molecule has 3 aromatic carbocycles. The van der Waals surface area contributed by atoms with Crippen LogP contribution in [0.3, 0.4) is 0 Å². The summed E-state index contributed by atoms with van der Waals surface area (Å²) in [6.07, 6.45) is 1.29. The molecule has 2 N–H and O–H groups in total. The van der Waals surface area contributed by atoms with Crippen LogP contribution in [-0.4, -0.2) is 38.2 Å². The van der Waals surface area contributed by atoms with E-state index in [9.17, 15) is 14.4 Å². The third-order valence-corrected chi connectivity index (χ3v) is 5.04. The zero-order chi connectivity index (χ0) is 25.4. The molecule has 0 bridgehead atoms. The first-order chi connectivity index (χ1) is 16.8. The van der Waals surface area contributed by atoms with E-state index in [-0.39, 0.29) is 22.2 Å². The van der Waals surface area contributed by atoms with Gasteiger partial charge in [0.25, 0.3) is 0 Å². The number of nitrogens with one attached hydrogen (secondary N) is 2. The fourth-order valence-electron chi connectivity index (χ4n) is 2.72. The second-order valence-electron chi connectivity index (χ2n) is 6.81. The molecule has 2 amide bonds. The van der Waals surface area contributed by atoms with E-state index in [1.807, 2.05) is 0 Å². The predicted octanol–water partition coefficient (Wildman–Crippen LogP) is 4.32. The number of hydrogen-bond donors (Lipinski definition) is 2. The molecule has 0 spiro atoms. The van der Waals surface area contributed by atoms with Crippen LogP contribution in [0.4, 0.5) is 5.69 Å². The molecule has 0 saturated heterocycles. The molecule has 0 aromatic heterocycles. The van der Waals surface area contributed by atoms with Gasteiger partial charge in [0.15, 0.2) is 11.5 Å². The molecule has 11 heteroatoms. The second-order valence-corrected chi connectivity index (χ2v) is 7.65. The number of nitrogens with zero attached hydrogens (tertiary/aromatic N) is 1. The van der Waals surface area contributed by atoms with Crippen molar-refractivity contribution in [3.63, 3.8) is 0 Å². The van der Waals surface area contributed by atoms with Crippen molar-refractivity contribution in [2.24, 2.45) is 5.10 Å². The van der Waals surface area contributed by atoms with Gasteiger partial charge in [0.1, 0.15) is 5.75 Å². The smallest absolute Gasteiger partial charge is 0.343 e. The Hall–Kier alpha value is -4.08. The summed E-state index contributed by atoms with van der Waals surface area (Å²) in [4.78, 5) is 36.5. The number of hydrogen-bond acceptors (Lipinski definition) is 7. The van der Waals surface area contributed by atoms with Gasteiger partial charge in [-0.05, 0) is 66.2 Å². The molecule has 3 rings (SSSR count). The molecule has 9 nitrogen and oxygen atoms in total. The Morgan fingerprint density at radius 2 is 1.60 bits per heavy atom. The fourth-order valence-corrected chi connectivity index (χ4v) is 3.06. The van der Waals surface area contributed by atoms with E-state index in [1.54, 1.807) is 36.4 Å². The lowest BCUT2D eigenvalue weighted by Gasteiger charge is -2.10. The summed E-state index contributed by atoms with van der Waals surface area (Å²) in [7, 11) is 2.94. The summed E-state index contributed by atoms with van der Waals surface area (Å²) in [6.45, 7) is 0. The van der Waals surface area contributed by atoms with Crippen molar-refractivity contribution in [1.82, 2.24) is 5.43 Å². The Balaban J connectivity index is 1.61. The van der Waals surface area contributed by atoms with Crippen LogP contribution in [0.2, 0.25) is 10.0 Å². The van der Waals surface area contributed by atoms with Crippen LogP contribution in [0.25, 0.3) is 0 Å². The lowest BCUT2D eigenvalue weighted by molar-refractivity contribution is -0.136. The molecule has 0 fully saturated rings. The molecular weight excluding hydrogens is 497 g/mol. The van der Waals surface area contributed by atoms with Gasteiger partial charge in [-0.15, -0.1) is 0 Å². The van der Waals surface area contributed by atoms with E-state index in [1.165, 1.54) is 44.7 Å². The molecule has 180 valence electrons. The van der Waals surface area contributed by atoms with Gasteiger partial charge in [0, 0.05) is 5.02 Å². The topological polar surface area (TPSA) is 115 Å². The number of anilines is 1. The third-order valence-electron chi connectivity index (χ3n) is 4.48. The molecule has 35 heavy (non-hydrogen) atoms. The van der Waals surface area contributed by atoms with Crippen molar-refractivity contribution in [1.29, 1.82) is 0 Å². The summed E-state index contributed by atoms with van der Waals surface area (Å²) < 4.78 is 15.8. The van der Waals surface area contributed by atoms with Crippen LogP contribution in [0.1, 0.15) is 15.9 Å². The zero-order valence-corrected chi connectivity index (χ0v) is 20.0. The van der Waals surface area contributed by atoms with Gasteiger partial charge in [-0.1, -0.05) is 23.2 Å². The van der Waals surface area contributed by atoms with Crippen molar-refractivity contribution in [3.05, 3.63) is 81.8 Å². The Morgan fingerprint density at radius 3 is 2.29 bits per heavy atom. The number of methoxy groups -OCH3 is 2. The Bertz CT molecular complexity index is 1280. The van der Waals surface area contributed by atoms with Crippen LogP contribution in [0.5, 0.6) is 17.2 Å².